The average Bonchev–Trinajstić information content (AvgIpc) is 1.92. The van der Waals surface area contributed by atoms with Crippen molar-refractivity contribution in [1.29, 1.82) is 0 Å². The maximum atomic E-state index is 13.7. The Morgan fingerprint density at radius 3 is 1.33 bits per heavy atom. The Morgan fingerprint density at radius 2 is 0.940 bits per heavy atom. The molecule has 0 radical (unpaired) electrons. The van der Waals surface area contributed by atoms with Gasteiger partial charge in [0, 0.05) is 18.6 Å². The van der Waals surface area contributed by atoms with Gasteiger partial charge in [0.15, 0.2) is 30.3 Å². The SMILES string of the molecule is CC1(C)O[C@H]2[C@@H](CO)O[C@@H](n3ccc(N)nc3=O)C2(C)O1.CC1(O)[C@@H](O)[C@@H](CO)O[C@H]1n1ccc(N)nc1=O.COc1ccc(C(Nc2ccn([C@@H]3O[C@H](CO)[C@@H]4OC(C)(C)OC43C)c(=O)n2)(c2ccccc2)c2ccc(OC)cc2)cc1. The highest BCUT2D eigenvalue weighted by molar-refractivity contribution is 5.59. The van der Waals surface area contributed by atoms with E-state index < -0.39 is 113 Å². The summed E-state index contributed by atoms with van der Waals surface area (Å²) in [5, 5.41) is 52.1. The van der Waals surface area contributed by atoms with Gasteiger partial charge in [0.05, 0.1) is 34.0 Å². The summed E-state index contributed by atoms with van der Waals surface area (Å²) in [6, 6.07) is 30.2. The summed E-state index contributed by atoms with van der Waals surface area (Å²) in [6.45, 7) is 11.2. The fourth-order valence-electron chi connectivity index (χ4n) is 11.6. The van der Waals surface area contributed by atoms with Crippen LogP contribution in [0.1, 0.15) is 83.8 Å². The van der Waals surface area contributed by atoms with Gasteiger partial charge in [-0.2, -0.15) is 15.0 Å². The van der Waals surface area contributed by atoms with Crippen molar-refractivity contribution in [3.8, 4) is 11.5 Å². The van der Waals surface area contributed by atoms with Crippen molar-refractivity contribution < 1.29 is 68.2 Å². The fraction of sp³-hybridized carbons (Fsp3) is 0.474. The lowest BCUT2D eigenvalue weighted by Gasteiger charge is -2.37. The van der Waals surface area contributed by atoms with Crippen molar-refractivity contribution in [2.75, 3.05) is 50.8 Å². The summed E-state index contributed by atoms with van der Waals surface area (Å²) in [6.07, 6.45) is -2.83. The van der Waals surface area contributed by atoms with E-state index in [1.54, 1.807) is 61.1 Å². The zero-order valence-electron chi connectivity index (χ0n) is 47.3. The van der Waals surface area contributed by atoms with Crippen molar-refractivity contribution in [1.82, 2.24) is 28.7 Å². The lowest BCUT2D eigenvalue weighted by Crippen LogP contribution is -2.46. The highest BCUT2D eigenvalue weighted by atomic mass is 16.8. The van der Waals surface area contributed by atoms with Crippen LogP contribution in [0.4, 0.5) is 17.5 Å². The third kappa shape index (κ3) is 11.4. The molecule has 3 aromatic heterocycles. The molecule has 26 heteroatoms. The molecule has 3 unspecified atom stereocenters. The van der Waals surface area contributed by atoms with Gasteiger partial charge < -0.3 is 84.9 Å². The maximum Gasteiger partial charge on any atom is 0.351 e. The van der Waals surface area contributed by atoms with Crippen molar-refractivity contribution >= 4 is 17.5 Å². The second-order valence-electron chi connectivity index (χ2n) is 22.0. The molecular weight excluding hydrogens is 1080 g/mol. The topological polar surface area (TPSA) is 353 Å². The number of nitrogen functional groups attached to an aromatic ring is 2. The number of ether oxygens (including phenoxy) is 9. The molecule has 5 fully saturated rings. The Kier molecular flexibility index (Phi) is 16.8. The molecule has 26 nitrogen and oxygen atoms in total. The van der Waals surface area contributed by atoms with Crippen LogP contribution in [0.5, 0.6) is 11.5 Å². The van der Waals surface area contributed by atoms with Crippen LogP contribution >= 0.6 is 0 Å². The van der Waals surface area contributed by atoms with E-state index in [0.717, 1.165) is 32.8 Å². The normalized spacial score (nSPS) is 30.1. The van der Waals surface area contributed by atoms with Gasteiger partial charge in [-0.3, -0.25) is 13.7 Å². The molecule has 0 bridgehead atoms. The summed E-state index contributed by atoms with van der Waals surface area (Å²) in [5.74, 6) is 0.254. The molecule has 0 spiro atoms. The lowest BCUT2D eigenvalue weighted by molar-refractivity contribution is -0.218. The summed E-state index contributed by atoms with van der Waals surface area (Å²) in [5.41, 5.74) is 7.22. The van der Waals surface area contributed by atoms with Gasteiger partial charge in [0.25, 0.3) is 0 Å². The molecule has 0 aliphatic carbocycles. The van der Waals surface area contributed by atoms with Crippen LogP contribution < -0.4 is 43.3 Å². The zero-order valence-corrected chi connectivity index (χ0v) is 47.3. The number of rotatable bonds is 13. The first kappa shape index (κ1) is 60.4. The number of aromatic nitrogens is 6. The number of nitrogens with one attached hydrogen (secondary N) is 1. The molecule has 0 amide bonds. The van der Waals surface area contributed by atoms with Crippen LogP contribution in [0, 0.1) is 0 Å². The van der Waals surface area contributed by atoms with E-state index in [0.29, 0.717) is 5.82 Å². The number of methoxy groups -OCH3 is 2. The quantitative estimate of drug-likeness (QED) is 0.0766. The van der Waals surface area contributed by atoms with Crippen molar-refractivity contribution in [3.05, 3.63) is 164 Å². The summed E-state index contributed by atoms with van der Waals surface area (Å²) in [4.78, 5) is 49.1. The average molecular weight is 1150 g/mol. The van der Waals surface area contributed by atoms with E-state index in [4.69, 9.17) is 59.2 Å². The first-order valence-corrected chi connectivity index (χ1v) is 26.6. The largest absolute Gasteiger partial charge is 0.497 e. The minimum atomic E-state index is -1.71. The van der Waals surface area contributed by atoms with Crippen LogP contribution in [0.25, 0.3) is 0 Å². The first-order valence-electron chi connectivity index (χ1n) is 26.6. The fourth-order valence-corrected chi connectivity index (χ4v) is 11.6. The number of fused-ring (bicyclic) bond motifs is 2. The van der Waals surface area contributed by atoms with Crippen molar-refractivity contribution in [2.24, 2.45) is 0 Å². The second kappa shape index (κ2) is 23.1. The molecule has 8 heterocycles. The molecule has 0 saturated carbocycles. The number of nitrogens with two attached hydrogens (primary N) is 2. The number of anilines is 3. The Labute approximate surface area is 476 Å². The van der Waals surface area contributed by atoms with E-state index in [-0.39, 0.29) is 24.8 Å². The highest BCUT2D eigenvalue weighted by Gasteiger charge is 2.65. The number of hydrogen-bond acceptors (Lipinski definition) is 23. The van der Waals surface area contributed by atoms with E-state index in [9.17, 15) is 34.8 Å². The Hall–Kier alpha value is -7.18. The molecule has 5 aliphatic rings. The van der Waals surface area contributed by atoms with Gasteiger partial charge in [0.2, 0.25) is 0 Å². The van der Waals surface area contributed by atoms with Gasteiger partial charge in [-0.1, -0.05) is 54.6 Å². The first-order chi connectivity index (χ1) is 39.3. The number of aliphatic hydroxyl groups is 5. The van der Waals surface area contributed by atoms with Crippen LogP contribution in [0.15, 0.2) is 130 Å². The summed E-state index contributed by atoms with van der Waals surface area (Å²) < 4.78 is 55.9. The number of nitrogens with zero attached hydrogens (tertiary/aromatic N) is 6. The molecule has 12 atom stereocenters. The summed E-state index contributed by atoms with van der Waals surface area (Å²) >= 11 is 0. The molecular formula is C57H71N9O17. The third-order valence-corrected chi connectivity index (χ3v) is 15.3. The number of aliphatic hydroxyl groups excluding tert-OH is 4. The minimum absolute atomic E-state index is 0.0492. The van der Waals surface area contributed by atoms with Gasteiger partial charge in [-0.25, -0.2) is 14.4 Å². The molecule has 5 aliphatic heterocycles. The monoisotopic (exact) mass is 1150 g/mol. The Bertz CT molecular complexity index is 3370. The van der Waals surface area contributed by atoms with E-state index in [1.807, 2.05) is 85.8 Å². The van der Waals surface area contributed by atoms with Crippen LogP contribution in [-0.2, 0) is 38.7 Å². The van der Waals surface area contributed by atoms with Crippen molar-refractivity contribution in [2.45, 2.75) is 138 Å². The van der Waals surface area contributed by atoms with Crippen LogP contribution in [0.3, 0.4) is 0 Å². The van der Waals surface area contributed by atoms with Gasteiger partial charge in [-0.05, 0) is 108 Å². The molecule has 83 heavy (non-hydrogen) atoms. The Morgan fingerprint density at radius 1 is 0.554 bits per heavy atom. The van der Waals surface area contributed by atoms with E-state index in [1.165, 1.54) is 40.6 Å². The van der Waals surface area contributed by atoms with Crippen molar-refractivity contribution in [3.63, 3.8) is 0 Å². The number of hydrogen-bond donors (Lipinski definition) is 8. The number of benzene rings is 3. The maximum absolute atomic E-state index is 13.7. The lowest BCUT2D eigenvalue weighted by atomic mass is 9.77. The van der Waals surface area contributed by atoms with E-state index in [2.05, 4.69) is 20.3 Å². The van der Waals surface area contributed by atoms with Crippen LogP contribution in [0.2, 0.25) is 0 Å². The molecule has 3 aromatic carbocycles. The third-order valence-electron chi connectivity index (χ3n) is 15.3. The molecule has 10 N–H and O–H groups in total. The molecule has 5 saturated heterocycles. The van der Waals surface area contributed by atoms with E-state index >= 15 is 0 Å². The predicted molar refractivity (Wildman–Crippen MR) is 297 cm³/mol. The molecule has 11 rings (SSSR count). The van der Waals surface area contributed by atoms with Gasteiger partial charge in [-0.15, -0.1) is 0 Å². The second-order valence-corrected chi connectivity index (χ2v) is 22.0. The summed E-state index contributed by atoms with van der Waals surface area (Å²) in [7, 11) is 3.26. The van der Waals surface area contributed by atoms with Gasteiger partial charge >= 0.3 is 17.1 Å². The zero-order chi connectivity index (χ0) is 60.0. The minimum Gasteiger partial charge on any atom is -0.497 e. The van der Waals surface area contributed by atoms with Crippen LogP contribution in [-0.4, -0.2) is 153 Å². The Balaban J connectivity index is 0.000000175. The predicted octanol–water partition coefficient (Wildman–Crippen LogP) is 1.92. The molecule has 6 aromatic rings. The van der Waals surface area contributed by atoms with Gasteiger partial charge in [0.1, 0.15) is 87.9 Å². The molecule has 446 valence electrons. The standard InChI is InChI=1S/C34H37N3O7.C13H19N3O5.C10H15N3O5/c1-32(2)43-29-27(21-38)42-30(33(29,3)44-32)37-20-19-28(35-31(37)39)36-34(22-9-7-6-8-10-22,23-11-15-25(40-4)16-12-23)24-13-17-26(41-5)18-14-24;1-12(2)20-9-7(6-17)19-10(13(9,3)21-12)16-5-4-8(14)15-11(16)18;1-10(17)7(15)5(4-14)18-8(10)13-3-2-6(11)12-9(13)16/h6-20,27,29-30,38H,21H2,1-5H3,(H,35,36,39);4-5,7,9-10,17H,6H2,1-3H3,(H2,14,15,18);2-3,5,7-8,14-15,17H,4H2,1H3,(H2,11,12,16)/t27-,29+,30-,33?;7-,9+,10-,13?;5-,7+,8-,10?/m111/s1. The highest BCUT2D eigenvalue weighted by Crippen LogP contribution is 2.52. The smallest absolute Gasteiger partial charge is 0.351 e.